The van der Waals surface area contributed by atoms with Crippen molar-refractivity contribution < 1.29 is 0 Å². The number of hydrogen-bond donors (Lipinski definition) is 1. The highest BCUT2D eigenvalue weighted by Gasteiger charge is 2.25. The number of rotatable bonds is 8. The van der Waals surface area contributed by atoms with Gasteiger partial charge in [0, 0.05) is 18.6 Å². The molecule has 0 aromatic carbocycles. The third-order valence-electron chi connectivity index (χ3n) is 3.37. The summed E-state index contributed by atoms with van der Waals surface area (Å²) in [4.78, 5) is 2.44. The molecule has 3 nitrogen and oxygen atoms in total. The van der Waals surface area contributed by atoms with Gasteiger partial charge in [0.05, 0.1) is 6.07 Å². The van der Waals surface area contributed by atoms with Gasteiger partial charge in [0.25, 0.3) is 0 Å². The Bertz CT molecular complexity index is 244. The van der Waals surface area contributed by atoms with Crippen molar-refractivity contribution in [3.05, 3.63) is 0 Å². The van der Waals surface area contributed by atoms with E-state index in [9.17, 15) is 5.26 Å². The summed E-state index contributed by atoms with van der Waals surface area (Å²) in [6.07, 6.45) is 2.04. The third kappa shape index (κ3) is 6.05. The highest BCUT2D eigenvalue weighted by molar-refractivity contribution is 5.04. The van der Waals surface area contributed by atoms with Gasteiger partial charge in [-0.25, -0.2) is 0 Å². The van der Waals surface area contributed by atoms with Crippen LogP contribution >= 0.6 is 0 Å². The third-order valence-corrected chi connectivity index (χ3v) is 3.37. The lowest BCUT2D eigenvalue weighted by molar-refractivity contribution is 0.193. The first-order chi connectivity index (χ1) is 7.88. The highest BCUT2D eigenvalue weighted by Crippen LogP contribution is 2.13. The van der Waals surface area contributed by atoms with E-state index in [2.05, 4.69) is 50.9 Å². The van der Waals surface area contributed by atoms with Gasteiger partial charge in [0.15, 0.2) is 0 Å². The predicted octanol–water partition coefficient (Wildman–Crippen LogP) is 2.78. The maximum absolute atomic E-state index is 9.28. The molecule has 0 spiro atoms. The van der Waals surface area contributed by atoms with Crippen LogP contribution in [0.3, 0.4) is 0 Å². The molecular formula is C14H29N3. The molecule has 0 fully saturated rings. The van der Waals surface area contributed by atoms with E-state index in [1.54, 1.807) is 0 Å². The van der Waals surface area contributed by atoms with Gasteiger partial charge in [-0.3, -0.25) is 5.32 Å². The summed E-state index contributed by atoms with van der Waals surface area (Å²) >= 11 is 0. The summed E-state index contributed by atoms with van der Waals surface area (Å²) in [5.74, 6) is 0. The van der Waals surface area contributed by atoms with Crippen molar-refractivity contribution in [2.45, 2.75) is 72.0 Å². The van der Waals surface area contributed by atoms with Crippen LogP contribution in [0, 0.1) is 11.3 Å². The molecule has 0 heterocycles. The van der Waals surface area contributed by atoms with E-state index < -0.39 is 5.54 Å². The normalized spacial score (nSPS) is 16.9. The maximum atomic E-state index is 9.28. The second-order valence-corrected chi connectivity index (χ2v) is 5.38. The topological polar surface area (TPSA) is 39.1 Å². The zero-order chi connectivity index (χ0) is 13.5. The molecule has 100 valence electrons. The summed E-state index contributed by atoms with van der Waals surface area (Å²) in [7, 11) is 0. The summed E-state index contributed by atoms with van der Waals surface area (Å²) in [5.41, 5.74) is -0.408. The molecule has 0 saturated heterocycles. The molecule has 0 aromatic rings. The van der Waals surface area contributed by atoms with Gasteiger partial charge in [0.2, 0.25) is 0 Å². The van der Waals surface area contributed by atoms with E-state index in [0.29, 0.717) is 12.1 Å². The molecule has 17 heavy (non-hydrogen) atoms. The standard InChI is InChI=1S/C14H29N3/c1-7-13(5)17(8-2)10-9-14(6,11-15)16-12(3)4/h12-13,16H,7-10H2,1-6H3. The van der Waals surface area contributed by atoms with Crippen LogP contribution in [0.1, 0.15) is 54.4 Å². The van der Waals surface area contributed by atoms with Gasteiger partial charge in [0.1, 0.15) is 5.54 Å². The largest absolute Gasteiger partial charge is 0.301 e. The summed E-state index contributed by atoms with van der Waals surface area (Å²) < 4.78 is 0. The van der Waals surface area contributed by atoms with E-state index in [1.807, 2.05) is 6.92 Å². The molecule has 0 radical (unpaired) electrons. The van der Waals surface area contributed by atoms with Gasteiger partial charge in [-0.2, -0.15) is 5.26 Å². The van der Waals surface area contributed by atoms with Crippen molar-refractivity contribution in [1.82, 2.24) is 10.2 Å². The molecule has 2 atom stereocenters. The van der Waals surface area contributed by atoms with Crippen molar-refractivity contribution in [3.8, 4) is 6.07 Å². The van der Waals surface area contributed by atoms with Crippen molar-refractivity contribution in [3.63, 3.8) is 0 Å². The van der Waals surface area contributed by atoms with Crippen LogP contribution in [0.4, 0.5) is 0 Å². The quantitative estimate of drug-likeness (QED) is 0.708. The number of hydrogen-bond acceptors (Lipinski definition) is 3. The summed E-state index contributed by atoms with van der Waals surface area (Å²) in [6.45, 7) is 14.9. The minimum atomic E-state index is -0.408. The average Bonchev–Trinajstić information content (AvgIpc) is 2.28. The van der Waals surface area contributed by atoms with E-state index in [4.69, 9.17) is 0 Å². The summed E-state index contributed by atoms with van der Waals surface area (Å²) in [6, 6.07) is 3.35. The zero-order valence-electron chi connectivity index (χ0n) is 12.4. The van der Waals surface area contributed by atoms with Gasteiger partial charge in [-0.1, -0.05) is 13.8 Å². The minimum Gasteiger partial charge on any atom is -0.301 e. The Morgan fingerprint density at radius 2 is 1.88 bits per heavy atom. The van der Waals surface area contributed by atoms with Crippen LogP contribution in [0.15, 0.2) is 0 Å². The molecule has 0 aliphatic heterocycles. The lowest BCUT2D eigenvalue weighted by Crippen LogP contribution is -2.48. The van der Waals surface area contributed by atoms with Crippen molar-refractivity contribution in [2.75, 3.05) is 13.1 Å². The first kappa shape index (κ1) is 16.4. The Kier molecular flexibility index (Phi) is 7.41. The first-order valence-electron chi connectivity index (χ1n) is 6.81. The van der Waals surface area contributed by atoms with E-state index in [0.717, 1.165) is 25.9 Å². The molecule has 2 unspecified atom stereocenters. The Labute approximate surface area is 107 Å². The SMILES string of the molecule is CCC(C)N(CC)CCC(C)(C#N)NC(C)C. The molecule has 0 bridgehead atoms. The molecule has 1 N–H and O–H groups in total. The predicted molar refractivity (Wildman–Crippen MR) is 73.9 cm³/mol. The van der Waals surface area contributed by atoms with E-state index >= 15 is 0 Å². The summed E-state index contributed by atoms with van der Waals surface area (Å²) in [5, 5.41) is 12.6. The fraction of sp³-hybridized carbons (Fsp3) is 0.929. The Morgan fingerprint density at radius 3 is 2.24 bits per heavy atom. The zero-order valence-corrected chi connectivity index (χ0v) is 12.4. The monoisotopic (exact) mass is 239 g/mol. The van der Waals surface area contributed by atoms with Crippen molar-refractivity contribution >= 4 is 0 Å². The van der Waals surface area contributed by atoms with Gasteiger partial charge in [-0.05, 0) is 47.1 Å². The average molecular weight is 239 g/mol. The number of nitrogens with zero attached hydrogens (tertiary/aromatic N) is 2. The van der Waals surface area contributed by atoms with Crippen LogP contribution in [-0.4, -0.2) is 35.6 Å². The Morgan fingerprint density at radius 1 is 1.29 bits per heavy atom. The molecule has 0 aliphatic carbocycles. The smallest absolute Gasteiger partial charge is 0.105 e. The van der Waals surface area contributed by atoms with E-state index in [-0.39, 0.29) is 0 Å². The number of nitriles is 1. The van der Waals surface area contributed by atoms with Crippen molar-refractivity contribution in [1.29, 1.82) is 5.26 Å². The molecule has 0 saturated carbocycles. The maximum Gasteiger partial charge on any atom is 0.105 e. The van der Waals surface area contributed by atoms with Crippen LogP contribution in [-0.2, 0) is 0 Å². The Balaban J connectivity index is 4.35. The lowest BCUT2D eigenvalue weighted by atomic mass is 9.98. The fourth-order valence-corrected chi connectivity index (χ4v) is 2.11. The van der Waals surface area contributed by atoms with Gasteiger partial charge >= 0.3 is 0 Å². The molecular weight excluding hydrogens is 210 g/mol. The minimum absolute atomic E-state index is 0.346. The molecule has 0 aromatic heterocycles. The fourth-order valence-electron chi connectivity index (χ4n) is 2.11. The van der Waals surface area contributed by atoms with E-state index in [1.165, 1.54) is 0 Å². The van der Waals surface area contributed by atoms with Crippen LogP contribution in [0.5, 0.6) is 0 Å². The second-order valence-electron chi connectivity index (χ2n) is 5.38. The van der Waals surface area contributed by atoms with Crippen LogP contribution in [0.2, 0.25) is 0 Å². The first-order valence-corrected chi connectivity index (χ1v) is 6.81. The Hall–Kier alpha value is -0.590. The molecule has 0 amide bonds. The van der Waals surface area contributed by atoms with Gasteiger partial charge < -0.3 is 4.90 Å². The second kappa shape index (κ2) is 7.68. The van der Waals surface area contributed by atoms with Gasteiger partial charge in [-0.15, -0.1) is 0 Å². The van der Waals surface area contributed by atoms with Crippen molar-refractivity contribution in [2.24, 2.45) is 0 Å². The van der Waals surface area contributed by atoms with Crippen LogP contribution < -0.4 is 5.32 Å². The van der Waals surface area contributed by atoms with Crippen LogP contribution in [0.25, 0.3) is 0 Å². The lowest BCUT2D eigenvalue weighted by Gasteiger charge is -2.32. The highest BCUT2D eigenvalue weighted by atomic mass is 15.1. The molecule has 3 heteroatoms. The number of nitrogens with one attached hydrogen (secondary N) is 1. The molecule has 0 aliphatic rings. The molecule has 0 rings (SSSR count).